The lowest BCUT2D eigenvalue weighted by atomic mass is 10.2. The van der Waals surface area contributed by atoms with Gasteiger partial charge in [0.25, 0.3) is 6.26 Å². The van der Waals surface area contributed by atoms with Gasteiger partial charge in [-0.1, -0.05) is 0 Å². The average molecular weight is 182 g/mol. The summed E-state index contributed by atoms with van der Waals surface area (Å²) in [5.41, 5.74) is 0. The van der Waals surface area contributed by atoms with Crippen LogP contribution in [0.1, 0.15) is 6.42 Å². The SMILES string of the molecule is N#COC1=CN2C(=O)C[C@@H]2SC1. The van der Waals surface area contributed by atoms with Crippen LogP contribution in [0.2, 0.25) is 0 Å². The maximum absolute atomic E-state index is 10.9. The number of nitriles is 1. The second kappa shape index (κ2) is 2.72. The zero-order chi connectivity index (χ0) is 8.55. The Labute approximate surface area is 73.8 Å². The van der Waals surface area contributed by atoms with Crippen LogP contribution in [0.4, 0.5) is 0 Å². The van der Waals surface area contributed by atoms with E-state index in [4.69, 9.17) is 5.26 Å². The molecule has 0 aromatic heterocycles. The molecule has 0 saturated carbocycles. The van der Waals surface area contributed by atoms with Crippen molar-refractivity contribution in [1.29, 1.82) is 5.26 Å². The van der Waals surface area contributed by atoms with Gasteiger partial charge in [0.15, 0.2) is 0 Å². The molecule has 0 bridgehead atoms. The normalized spacial score (nSPS) is 26.6. The van der Waals surface area contributed by atoms with Crippen LogP contribution in [-0.2, 0) is 9.53 Å². The Balaban J connectivity index is 2.10. The van der Waals surface area contributed by atoms with Gasteiger partial charge in [0.1, 0.15) is 5.76 Å². The number of rotatable bonds is 1. The van der Waals surface area contributed by atoms with E-state index in [2.05, 4.69) is 4.74 Å². The molecule has 2 rings (SSSR count). The van der Waals surface area contributed by atoms with Crippen molar-refractivity contribution < 1.29 is 9.53 Å². The zero-order valence-electron chi connectivity index (χ0n) is 6.19. The highest BCUT2D eigenvalue weighted by atomic mass is 32.2. The molecule has 0 radical (unpaired) electrons. The minimum atomic E-state index is 0.103. The molecular formula is C7H6N2O2S. The van der Waals surface area contributed by atoms with Gasteiger partial charge in [-0.15, -0.1) is 17.0 Å². The molecule has 0 aromatic carbocycles. The van der Waals surface area contributed by atoms with Gasteiger partial charge in [-0.25, -0.2) is 0 Å². The van der Waals surface area contributed by atoms with Gasteiger partial charge in [-0.3, -0.25) is 4.79 Å². The number of nitrogens with zero attached hydrogens (tertiary/aromatic N) is 2. The van der Waals surface area contributed by atoms with E-state index in [-0.39, 0.29) is 11.3 Å². The van der Waals surface area contributed by atoms with Gasteiger partial charge < -0.3 is 9.64 Å². The van der Waals surface area contributed by atoms with E-state index in [1.165, 1.54) is 0 Å². The van der Waals surface area contributed by atoms with E-state index < -0.39 is 0 Å². The Kier molecular flexibility index (Phi) is 1.70. The van der Waals surface area contributed by atoms with Crippen molar-refractivity contribution in [2.45, 2.75) is 11.8 Å². The minimum absolute atomic E-state index is 0.103. The first kappa shape index (κ1) is 7.50. The van der Waals surface area contributed by atoms with Crippen LogP contribution in [0.15, 0.2) is 12.0 Å². The number of amides is 1. The second-order valence-corrected chi connectivity index (χ2v) is 3.73. The molecule has 0 N–H and O–H groups in total. The highest BCUT2D eigenvalue weighted by molar-refractivity contribution is 8.00. The summed E-state index contributed by atoms with van der Waals surface area (Å²) < 4.78 is 4.64. The number of hydrogen-bond acceptors (Lipinski definition) is 4. The number of fused-ring (bicyclic) bond motifs is 1. The van der Waals surface area contributed by atoms with Crippen LogP contribution in [-0.4, -0.2) is 21.9 Å². The largest absolute Gasteiger partial charge is 0.390 e. The smallest absolute Gasteiger partial charge is 0.292 e. The van der Waals surface area contributed by atoms with Crippen molar-refractivity contribution in [3.8, 4) is 6.26 Å². The molecule has 0 spiro atoms. The molecule has 0 unspecified atom stereocenters. The average Bonchev–Trinajstić information content (AvgIpc) is 2.07. The van der Waals surface area contributed by atoms with Crippen LogP contribution < -0.4 is 0 Å². The molecule has 1 saturated heterocycles. The second-order valence-electron chi connectivity index (χ2n) is 2.56. The molecule has 2 heterocycles. The first-order valence-corrected chi connectivity index (χ1v) is 4.55. The Morgan fingerprint density at radius 1 is 1.83 bits per heavy atom. The van der Waals surface area contributed by atoms with Gasteiger partial charge in [0.2, 0.25) is 5.91 Å². The molecule has 0 aromatic rings. The highest BCUT2D eigenvalue weighted by Gasteiger charge is 2.38. The van der Waals surface area contributed by atoms with E-state index in [0.717, 1.165) is 0 Å². The fourth-order valence-corrected chi connectivity index (χ4v) is 2.27. The van der Waals surface area contributed by atoms with Crippen molar-refractivity contribution in [2.24, 2.45) is 0 Å². The van der Waals surface area contributed by atoms with Gasteiger partial charge in [0.05, 0.1) is 17.5 Å². The third-order valence-electron chi connectivity index (χ3n) is 1.83. The summed E-state index contributed by atoms with van der Waals surface area (Å²) in [6, 6.07) is 0. The number of hydrogen-bond donors (Lipinski definition) is 0. The number of thioether (sulfide) groups is 1. The molecular weight excluding hydrogens is 176 g/mol. The molecule has 1 atom stereocenters. The summed E-state index contributed by atoms with van der Waals surface area (Å²) in [6.45, 7) is 0. The van der Waals surface area contributed by atoms with Gasteiger partial charge >= 0.3 is 0 Å². The molecule has 0 aliphatic carbocycles. The summed E-state index contributed by atoms with van der Waals surface area (Å²) >= 11 is 1.63. The lowest BCUT2D eigenvalue weighted by Crippen LogP contribution is -2.49. The van der Waals surface area contributed by atoms with Crippen LogP contribution in [0.5, 0.6) is 0 Å². The standard InChI is InChI=1S/C7H6N2O2S/c8-4-11-5-2-9-6(10)1-7(9)12-3-5/h2,7H,1,3H2/t7-/m0/s1. The quantitative estimate of drug-likeness (QED) is 0.441. The van der Waals surface area contributed by atoms with E-state index in [1.807, 2.05) is 0 Å². The summed E-state index contributed by atoms with van der Waals surface area (Å²) in [5.74, 6) is 1.35. The first-order chi connectivity index (χ1) is 5.81. The molecule has 1 fully saturated rings. The van der Waals surface area contributed by atoms with Crippen molar-refractivity contribution in [3.05, 3.63) is 12.0 Å². The number of carbonyl (C=O) groups is 1. The predicted molar refractivity (Wildman–Crippen MR) is 42.5 cm³/mol. The number of ether oxygens (including phenoxy) is 1. The van der Waals surface area contributed by atoms with Gasteiger partial charge in [0, 0.05) is 6.20 Å². The van der Waals surface area contributed by atoms with Crippen molar-refractivity contribution in [3.63, 3.8) is 0 Å². The molecule has 4 nitrogen and oxygen atoms in total. The van der Waals surface area contributed by atoms with Crippen LogP contribution in [0.25, 0.3) is 0 Å². The van der Waals surface area contributed by atoms with Crippen molar-refractivity contribution >= 4 is 17.7 Å². The summed E-state index contributed by atoms with van der Waals surface area (Å²) in [7, 11) is 0. The van der Waals surface area contributed by atoms with Crippen LogP contribution in [0, 0.1) is 11.5 Å². The summed E-state index contributed by atoms with van der Waals surface area (Å²) in [6.07, 6.45) is 3.83. The van der Waals surface area contributed by atoms with Gasteiger partial charge in [-0.05, 0) is 0 Å². The zero-order valence-corrected chi connectivity index (χ0v) is 7.00. The van der Waals surface area contributed by atoms with Crippen LogP contribution >= 0.6 is 11.8 Å². The van der Waals surface area contributed by atoms with Crippen LogP contribution in [0.3, 0.4) is 0 Å². The highest BCUT2D eigenvalue weighted by Crippen LogP contribution is 2.35. The number of carbonyl (C=O) groups excluding carboxylic acids is 1. The fraction of sp³-hybridized carbons (Fsp3) is 0.429. The maximum Gasteiger partial charge on any atom is 0.292 e. The lowest BCUT2D eigenvalue weighted by molar-refractivity contribution is -0.137. The van der Waals surface area contributed by atoms with Gasteiger partial charge in [-0.2, -0.15) is 0 Å². The molecule has 62 valence electrons. The molecule has 12 heavy (non-hydrogen) atoms. The molecule has 5 heteroatoms. The maximum atomic E-state index is 10.9. The number of β-lactam (4-membered cyclic amide) rings is 1. The molecule has 1 amide bonds. The molecule has 2 aliphatic heterocycles. The topological polar surface area (TPSA) is 53.3 Å². The van der Waals surface area contributed by atoms with E-state index in [9.17, 15) is 4.79 Å². The van der Waals surface area contributed by atoms with E-state index in [0.29, 0.717) is 17.9 Å². The predicted octanol–water partition coefficient (Wildman–Crippen LogP) is 0.631. The van der Waals surface area contributed by atoms with Crippen molar-refractivity contribution in [2.75, 3.05) is 5.75 Å². The summed E-state index contributed by atoms with van der Waals surface area (Å²) in [4.78, 5) is 12.6. The Hall–Kier alpha value is -1.15. The lowest BCUT2D eigenvalue weighted by Gasteiger charge is -2.40. The third kappa shape index (κ3) is 1.04. The fourth-order valence-electron chi connectivity index (χ4n) is 1.18. The monoisotopic (exact) mass is 182 g/mol. The Morgan fingerprint density at radius 3 is 3.33 bits per heavy atom. The van der Waals surface area contributed by atoms with E-state index in [1.54, 1.807) is 29.1 Å². The van der Waals surface area contributed by atoms with E-state index >= 15 is 0 Å². The summed E-state index contributed by atoms with van der Waals surface area (Å²) in [5, 5.41) is 8.51. The minimum Gasteiger partial charge on any atom is -0.390 e. The molecule has 2 aliphatic rings. The third-order valence-corrected chi connectivity index (χ3v) is 3.06. The first-order valence-electron chi connectivity index (χ1n) is 3.50. The van der Waals surface area contributed by atoms with Crippen molar-refractivity contribution in [1.82, 2.24) is 4.90 Å². The Morgan fingerprint density at radius 2 is 2.67 bits per heavy atom. The Bertz CT molecular complexity index is 294.